The van der Waals surface area contributed by atoms with Gasteiger partial charge in [-0.25, -0.2) is 4.98 Å². The number of allylic oxidation sites excluding steroid dienone is 3. The molecule has 0 radical (unpaired) electrons. The van der Waals surface area contributed by atoms with Gasteiger partial charge in [0.2, 0.25) is 0 Å². The van der Waals surface area contributed by atoms with Gasteiger partial charge in [-0.3, -0.25) is 5.43 Å². The zero-order chi connectivity index (χ0) is 22.8. The van der Waals surface area contributed by atoms with Crippen LogP contribution in [0.5, 0.6) is 0 Å². The highest BCUT2D eigenvalue weighted by Crippen LogP contribution is 2.30. The fourth-order valence-corrected chi connectivity index (χ4v) is 1.98. The number of nitrogens with one attached hydrogen (secondary N) is 2. The van der Waals surface area contributed by atoms with Crippen LogP contribution in [0.1, 0.15) is 25.5 Å². The number of aromatic nitrogens is 1. The van der Waals surface area contributed by atoms with Crippen LogP contribution in [0, 0.1) is 0 Å². The van der Waals surface area contributed by atoms with E-state index in [1.165, 1.54) is 19.2 Å². The Kier molecular flexibility index (Phi) is 14.1. The average Bonchev–Trinajstić information content (AvgIpc) is 2.74. The maximum atomic E-state index is 12.9. The molecule has 0 spiro atoms. The molecule has 0 bridgehead atoms. The SMILES string of the molecule is C=NNC(/C=C(/C=C\C)C(F)(F)F)c1cccnc1N.CCNC.c1ccccc1. The molecule has 1 heterocycles. The van der Waals surface area contributed by atoms with E-state index < -0.39 is 17.8 Å². The molecule has 1 aromatic heterocycles. The summed E-state index contributed by atoms with van der Waals surface area (Å²) in [5.74, 6) is 0.131. The number of hydrogen-bond donors (Lipinski definition) is 3. The number of alkyl halides is 3. The van der Waals surface area contributed by atoms with Crippen LogP contribution in [0.2, 0.25) is 0 Å². The van der Waals surface area contributed by atoms with Crippen molar-refractivity contribution in [2.24, 2.45) is 5.10 Å². The Morgan fingerprint density at radius 2 is 1.73 bits per heavy atom. The van der Waals surface area contributed by atoms with Crippen molar-refractivity contribution in [2.45, 2.75) is 26.1 Å². The van der Waals surface area contributed by atoms with E-state index >= 15 is 0 Å². The van der Waals surface area contributed by atoms with Crippen molar-refractivity contribution in [1.82, 2.24) is 15.7 Å². The highest BCUT2D eigenvalue weighted by Gasteiger charge is 2.32. The van der Waals surface area contributed by atoms with E-state index in [0.29, 0.717) is 5.56 Å². The average molecular weight is 422 g/mol. The fourth-order valence-electron chi connectivity index (χ4n) is 1.98. The summed E-state index contributed by atoms with van der Waals surface area (Å²) in [4.78, 5) is 3.84. The number of pyridine rings is 1. The standard InChI is InChI=1S/C13H15F3N4.C6H6.C3H9N/c1-3-5-9(13(14,15)16)8-11(20-18-2)10-6-4-7-19-12(10)17;1-2-4-6-5-3-1;1-3-4-2/h3-8,11,20H,2H2,1H3,(H2,17,19);1-6H;4H,3H2,1-2H3/b5-3-,9-8-;;. The molecule has 1 unspecified atom stereocenters. The second kappa shape index (κ2) is 15.8. The van der Waals surface area contributed by atoms with Gasteiger partial charge in [-0.1, -0.05) is 61.5 Å². The Balaban J connectivity index is 0.000000686. The lowest BCUT2D eigenvalue weighted by Gasteiger charge is -2.17. The van der Waals surface area contributed by atoms with Gasteiger partial charge in [0.05, 0.1) is 11.6 Å². The van der Waals surface area contributed by atoms with E-state index in [-0.39, 0.29) is 5.82 Å². The van der Waals surface area contributed by atoms with Gasteiger partial charge in [0.1, 0.15) is 5.82 Å². The fraction of sp³-hybridized carbons (Fsp3) is 0.273. The van der Waals surface area contributed by atoms with Gasteiger partial charge in [0.25, 0.3) is 0 Å². The lowest BCUT2D eigenvalue weighted by atomic mass is 10.0. The van der Waals surface area contributed by atoms with Crippen molar-refractivity contribution in [3.05, 3.63) is 84.1 Å². The Labute approximate surface area is 176 Å². The van der Waals surface area contributed by atoms with Crippen LogP contribution in [-0.4, -0.2) is 31.5 Å². The number of benzene rings is 1. The molecule has 1 aromatic carbocycles. The van der Waals surface area contributed by atoms with Crippen LogP contribution in [0.15, 0.2) is 83.6 Å². The summed E-state index contributed by atoms with van der Waals surface area (Å²) in [6, 6.07) is 14.3. The van der Waals surface area contributed by atoms with E-state index in [1.807, 2.05) is 43.4 Å². The van der Waals surface area contributed by atoms with Gasteiger partial charge in [-0.05, 0) is 32.7 Å². The van der Waals surface area contributed by atoms with E-state index in [2.05, 4.69) is 34.5 Å². The zero-order valence-electron chi connectivity index (χ0n) is 17.5. The van der Waals surface area contributed by atoms with Gasteiger partial charge in [-0.15, -0.1) is 0 Å². The molecule has 0 fully saturated rings. The van der Waals surface area contributed by atoms with Gasteiger partial charge in [-0.2, -0.15) is 18.3 Å². The molecule has 164 valence electrons. The van der Waals surface area contributed by atoms with Crippen LogP contribution in [0.4, 0.5) is 19.0 Å². The third kappa shape index (κ3) is 11.7. The number of hydrogen-bond acceptors (Lipinski definition) is 5. The van der Waals surface area contributed by atoms with Crippen molar-refractivity contribution in [3.8, 4) is 0 Å². The molecule has 1 atom stereocenters. The van der Waals surface area contributed by atoms with Gasteiger partial charge < -0.3 is 11.1 Å². The minimum Gasteiger partial charge on any atom is -0.383 e. The summed E-state index contributed by atoms with van der Waals surface area (Å²) < 4.78 is 38.7. The summed E-state index contributed by atoms with van der Waals surface area (Å²) in [6.45, 7) is 7.87. The number of nitrogens with two attached hydrogens (primary N) is 1. The van der Waals surface area contributed by atoms with Gasteiger partial charge >= 0.3 is 6.18 Å². The third-order valence-electron chi connectivity index (χ3n) is 3.48. The largest absolute Gasteiger partial charge is 0.416 e. The minimum atomic E-state index is -4.47. The van der Waals surface area contributed by atoms with Crippen LogP contribution >= 0.6 is 0 Å². The molecule has 0 saturated heterocycles. The normalized spacial score (nSPS) is 12.1. The van der Waals surface area contributed by atoms with Crippen molar-refractivity contribution < 1.29 is 13.2 Å². The molecule has 2 rings (SSSR count). The van der Waals surface area contributed by atoms with Gasteiger partial charge in [0.15, 0.2) is 0 Å². The number of halogens is 3. The van der Waals surface area contributed by atoms with Crippen LogP contribution < -0.4 is 16.5 Å². The van der Waals surface area contributed by atoms with E-state index in [1.54, 1.807) is 12.1 Å². The second-order valence-corrected chi connectivity index (χ2v) is 5.72. The van der Waals surface area contributed by atoms with Crippen molar-refractivity contribution in [2.75, 3.05) is 19.3 Å². The predicted octanol–water partition coefficient (Wildman–Crippen LogP) is 4.89. The third-order valence-corrected chi connectivity index (χ3v) is 3.48. The summed E-state index contributed by atoms with van der Waals surface area (Å²) in [6.07, 6.45) is 0.263. The molecule has 2 aromatic rings. The molecule has 0 aliphatic rings. The Morgan fingerprint density at radius 1 is 1.20 bits per heavy atom. The molecule has 0 amide bonds. The maximum Gasteiger partial charge on any atom is 0.416 e. The summed E-state index contributed by atoms with van der Waals surface area (Å²) >= 11 is 0. The molecule has 0 aliphatic carbocycles. The first-order valence-corrected chi connectivity index (χ1v) is 9.29. The maximum absolute atomic E-state index is 12.9. The summed E-state index contributed by atoms with van der Waals surface area (Å²) in [5.41, 5.74) is 7.75. The van der Waals surface area contributed by atoms with Crippen LogP contribution in [0.25, 0.3) is 0 Å². The molecule has 5 nitrogen and oxygen atoms in total. The number of nitrogens with zero attached hydrogens (tertiary/aromatic N) is 2. The van der Waals surface area contributed by atoms with Crippen molar-refractivity contribution in [3.63, 3.8) is 0 Å². The number of nitrogen functional groups attached to an aromatic ring is 1. The molecule has 8 heteroatoms. The lowest BCUT2D eigenvalue weighted by molar-refractivity contribution is -0.0885. The Morgan fingerprint density at radius 3 is 2.10 bits per heavy atom. The van der Waals surface area contributed by atoms with Crippen LogP contribution in [-0.2, 0) is 0 Å². The first-order chi connectivity index (χ1) is 14.3. The minimum absolute atomic E-state index is 0.131. The van der Waals surface area contributed by atoms with Crippen molar-refractivity contribution in [1.29, 1.82) is 0 Å². The monoisotopic (exact) mass is 421 g/mol. The number of anilines is 1. The molecular formula is C22H30F3N5. The molecule has 0 aliphatic heterocycles. The molecular weight excluding hydrogens is 391 g/mol. The van der Waals surface area contributed by atoms with E-state index in [9.17, 15) is 13.2 Å². The zero-order valence-corrected chi connectivity index (χ0v) is 17.5. The number of rotatable bonds is 6. The highest BCUT2D eigenvalue weighted by atomic mass is 19.4. The van der Waals surface area contributed by atoms with Gasteiger partial charge in [0, 0.05) is 18.5 Å². The molecule has 30 heavy (non-hydrogen) atoms. The molecule has 0 saturated carbocycles. The smallest absolute Gasteiger partial charge is 0.383 e. The van der Waals surface area contributed by atoms with E-state index in [0.717, 1.165) is 18.7 Å². The first-order valence-electron chi connectivity index (χ1n) is 9.29. The predicted molar refractivity (Wildman–Crippen MR) is 119 cm³/mol. The van der Waals surface area contributed by atoms with Crippen LogP contribution in [0.3, 0.4) is 0 Å². The molecule has 4 N–H and O–H groups in total. The van der Waals surface area contributed by atoms with E-state index in [4.69, 9.17) is 5.73 Å². The van der Waals surface area contributed by atoms with Crippen molar-refractivity contribution >= 4 is 12.5 Å². The Hall–Kier alpha value is -3.13. The number of hydrazone groups is 1. The highest BCUT2D eigenvalue weighted by molar-refractivity contribution is 5.44. The first kappa shape index (κ1) is 26.9. The Bertz CT molecular complexity index is 730. The second-order valence-electron chi connectivity index (χ2n) is 5.72. The summed E-state index contributed by atoms with van der Waals surface area (Å²) in [5, 5.41) is 6.36. The topological polar surface area (TPSA) is 75.3 Å². The summed E-state index contributed by atoms with van der Waals surface area (Å²) in [7, 11) is 1.93. The quantitative estimate of drug-likeness (QED) is 0.353. The lowest BCUT2D eigenvalue weighted by Crippen LogP contribution is -2.19.